The normalized spacial score (nSPS) is 14.7. The second-order valence-electron chi connectivity index (χ2n) is 9.22. The van der Waals surface area contributed by atoms with Gasteiger partial charge in [-0.1, -0.05) is 26.0 Å². The van der Waals surface area contributed by atoms with E-state index < -0.39 is 6.04 Å². The van der Waals surface area contributed by atoms with Crippen molar-refractivity contribution < 1.29 is 9.59 Å². The highest BCUT2D eigenvalue weighted by Gasteiger charge is 2.41. The molecule has 34 heavy (non-hydrogen) atoms. The van der Waals surface area contributed by atoms with Crippen LogP contribution in [0.1, 0.15) is 64.1 Å². The highest BCUT2D eigenvalue weighted by Crippen LogP contribution is 2.34. The highest BCUT2D eigenvalue weighted by atomic mass is 32.2. The average Bonchev–Trinajstić information content (AvgIpc) is 3.43. The number of hydrogen-bond donors (Lipinski definition) is 0. The summed E-state index contributed by atoms with van der Waals surface area (Å²) < 4.78 is 3.91. The Morgan fingerprint density at radius 2 is 1.71 bits per heavy atom. The largest absolute Gasteiger partial charge is 0.329 e. The zero-order valence-electron chi connectivity index (χ0n) is 20.1. The molecular weight excluding hydrogens is 448 g/mol. The van der Waals surface area contributed by atoms with Crippen molar-refractivity contribution >= 4 is 40.3 Å². The van der Waals surface area contributed by atoms with Crippen LogP contribution in [-0.2, 0) is 6.54 Å². The molecule has 0 bridgehead atoms. The number of carbonyl (C=O) groups excluding carboxylic acids is 2. The predicted octanol–water partition coefficient (Wildman–Crippen LogP) is 4.44. The second-order valence-corrected chi connectivity index (χ2v) is 10.2. The summed E-state index contributed by atoms with van der Waals surface area (Å²) in [5, 5.41) is 5.68. The lowest BCUT2D eigenvalue weighted by Gasteiger charge is -2.23. The fourth-order valence-corrected chi connectivity index (χ4v) is 5.23. The van der Waals surface area contributed by atoms with Gasteiger partial charge in [0.2, 0.25) is 0 Å². The molecule has 0 N–H and O–H groups in total. The van der Waals surface area contributed by atoms with Crippen molar-refractivity contribution in [2.45, 2.75) is 46.7 Å². The number of carbonyl (C=O) groups is 2. The van der Waals surface area contributed by atoms with Gasteiger partial charge in [0.1, 0.15) is 18.0 Å². The molecule has 0 spiro atoms. The van der Waals surface area contributed by atoms with Crippen molar-refractivity contribution in [3.8, 4) is 0 Å². The number of aryl methyl sites for hydroxylation is 1. The van der Waals surface area contributed by atoms with E-state index in [1.807, 2.05) is 6.26 Å². The molecule has 1 aromatic carbocycles. The lowest BCUT2D eigenvalue weighted by atomic mass is 10.1. The summed E-state index contributed by atoms with van der Waals surface area (Å²) in [4.78, 5) is 37.4. The summed E-state index contributed by atoms with van der Waals surface area (Å²) in [7, 11) is 0. The molecule has 0 saturated heterocycles. The number of thioether (sulfide) groups is 1. The van der Waals surface area contributed by atoms with Gasteiger partial charge >= 0.3 is 0 Å². The Morgan fingerprint density at radius 1 is 1.03 bits per heavy atom. The van der Waals surface area contributed by atoms with Gasteiger partial charge in [-0.15, -0.1) is 5.10 Å². The molecule has 0 fully saturated rings. The number of benzene rings is 1. The van der Waals surface area contributed by atoms with Crippen LogP contribution in [0.3, 0.4) is 0 Å². The Hall–Kier alpha value is -3.20. The van der Waals surface area contributed by atoms with Crippen LogP contribution in [0.5, 0.6) is 0 Å². The first-order valence-corrected chi connectivity index (χ1v) is 12.9. The predicted molar refractivity (Wildman–Crippen MR) is 133 cm³/mol. The molecular formula is C25H28N6O2S. The van der Waals surface area contributed by atoms with E-state index in [4.69, 9.17) is 15.1 Å². The van der Waals surface area contributed by atoms with Crippen LogP contribution in [0.25, 0.3) is 16.7 Å². The van der Waals surface area contributed by atoms with Crippen molar-refractivity contribution in [2.75, 3.05) is 12.0 Å². The quantitative estimate of drug-likeness (QED) is 0.367. The maximum atomic E-state index is 13.2. The van der Waals surface area contributed by atoms with Gasteiger partial charge in [0.15, 0.2) is 11.5 Å². The number of imide groups is 1. The first kappa shape index (κ1) is 22.6. The third-order valence-electron chi connectivity index (χ3n) is 6.54. The second kappa shape index (κ2) is 8.54. The molecule has 9 heteroatoms. The molecule has 8 nitrogen and oxygen atoms in total. The van der Waals surface area contributed by atoms with Crippen molar-refractivity contribution in [2.24, 2.45) is 5.92 Å². The van der Waals surface area contributed by atoms with Gasteiger partial charge in [0.25, 0.3) is 11.8 Å². The number of fused-ring (bicyclic) bond motifs is 4. The lowest BCUT2D eigenvalue weighted by molar-refractivity contribution is 0.0571. The molecule has 2 amide bonds. The van der Waals surface area contributed by atoms with Crippen LogP contribution in [0.2, 0.25) is 0 Å². The zero-order chi connectivity index (χ0) is 24.1. The molecule has 4 heterocycles. The van der Waals surface area contributed by atoms with E-state index in [0.717, 1.165) is 34.6 Å². The van der Waals surface area contributed by atoms with Gasteiger partial charge in [-0.3, -0.25) is 14.5 Å². The Kier molecular flexibility index (Phi) is 5.67. The summed E-state index contributed by atoms with van der Waals surface area (Å²) >= 11 is 1.67. The van der Waals surface area contributed by atoms with E-state index in [1.54, 1.807) is 46.9 Å². The monoisotopic (exact) mass is 476 g/mol. The minimum atomic E-state index is -0.547. The molecule has 3 aromatic heterocycles. The van der Waals surface area contributed by atoms with Gasteiger partial charge in [-0.2, -0.15) is 11.8 Å². The van der Waals surface area contributed by atoms with Gasteiger partial charge in [-0.05, 0) is 55.9 Å². The topological polar surface area (TPSA) is 85.4 Å². The van der Waals surface area contributed by atoms with Crippen molar-refractivity contribution in [1.29, 1.82) is 0 Å². The minimum Gasteiger partial charge on any atom is -0.329 e. The molecule has 0 unspecified atom stereocenters. The minimum absolute atomic E-state index is 0.288. The lowest BCUT2D eigenvalue weighted by Crippen LogP contribution is -2.35. The van der Waals surface area contributed by atoms with Crippen molar-refractivity contribution in [3.63, 3.8) is 0 Å². The fraction of sp³-hybridized carbons (Fsp3) is 0.400. The zero-order valence-corrected chi connectivity index (χ0v) is 20.9. The summed E-state index contributed by atoms with van der Waals surface area (Å²) in [5.74, 6) is 1.13. The van der Waals surface area contributed by atoms with E-state index in [9.17, 15) is 9.59 Å². The van der Waals surface area contributed by atoms with Gasteiger partial charge in [-0.25, -0.2) is 14.5 Å². The number of aromatic nitrogens is 5. The number of nitrogens with zero attached hydrogens (tertiary/aromatic N) is 6. The summed E-state index contributed by atoms with van der Waals surface area (Å²) in [6.45, 7) is 9.43. The first-order valence-electron chi connectivity index (χ1n) is 11.5. The van der Waals surface area contributed by atoms with E-state index in [2.05, 4.69) is 32.3 Å². The van der Waals surface area contributed by atoms with E-state index in [-0.39, 0.29) is 11.8 Å². The van der Waals surface area contributed by atoms with Crippen LogP contribution >= 0.6 is 11.8 Å². The fourth-order valence-electron chi connectivity index (χ4n) is 4.77. The summed E-state index contributed by atoms with van der Waals surface area (Å²) in [6.07, 6.45) is 4.26. The third-order valence-corrected chi connectivity index (χ3v) is 7.18. The van der Waals surface area contributed by atoms with Crippen molar-refractivity contribution in [3.05, 3.63) is 58.8 Å². The highest BCUT2D eigenvalue weighted by molar-refractivity contribution is 7.98. The van der Waals surface area contributed by atoms with Crippen LogP contribution in [0.15, 0.2) is 30.6 Å². The first-order chi connectivity index (χ1) is 16.3. The number of rotatable bonds is 7. The maximum absolute atomic E-state index is 13.2. The molecule has 0 radical (unpaired) electrons. The molecule has 1 aliphatic heterocycles. The Balaban J connectivity index is 1.65. The van der Waals surface area contributed by atoms with Crippen LogP contribution in [0, 0.1) is 19.8 Å². The van der Waals surface area contributed by atoms with E-state index in [1.165, 1.54) is 4.90 Å². The average molecular weight is 477 g/mol. The Morgan fingerprint density at radius 3 is 2.32 bits per heavy atom. The smallest absolute Gasteiger partial charge is 0.262 e. The molecule has 0 saturated carbocycles. The third kappa shape index (κ3) is 3.41. The molecule has 1 aliphatic rings. The molecule has 4 aromatic rings. The Bertz CT molecular complexity index is 1400. The molecule has 1 atom stereocenters. The van der Waals surface area contributed by atoms with E-state index >= 15 is 0 Å². The maximum Gasteiger partial charge on any atom is 0.262 e. The summed E-state index contributed by atoms with van der Waals surface area (Å²) in [6, 6.07) is 6.42. The van der Waals surface area contributed by atoms with Crippen LogP contribution in [-0.4, -0.2) is 52.9 Å². The van der Waals surface area contributed by atoms with Crippen LogP contribution < -0.4 is 0 Å². The van der Waals surface area contributed by atoms with E-state index in [0.29, 0.717) is 34.9 Å². The van der Waals surface area contributed by atoms with Crippen molar-refractivity contribution in [1.82, 2.24) is 29.0 Å². The standard InChI is InChI=1S/C25H28N6O2S/c1-14(2)12-29-16(4)15(3)20-22(29)26-13-30-23(20)27-21(28-30)19(10-11-34-5)31-24(32)17-8-6-7-9-18(17)25(31)33/h6-9,13-14,19H,10-12H2,1-5H3/t19-/m1/s1. The van der Waals surface area contributed by atoms with Gasteiger partial charge in [0.05, 0.1) is 16.5 Å². The number of amides is 2. The molecule has 5 rings (SSSR count). The number of hydrogen-bond acceptors (Lipinski definition) is 6. The van der Waals surface area contributed by atoms with Gasteiger partial charge < -0.3 is 4.57 Å². The SMILES string of the molecule is CSCC[C@H](c1nc2c3c(C)c(C)n(CC(C)C)c3ncn2n1)N1C(=O)c2ccccc2C1=O. The Labute approximate surface area is 202 Å². The van der Waals surface area contributed by atoms with Crippen LogP contribution in [0.4, 0.5) is 0 Å². The summed E-state index contributed by atoms with van der Waals surface area (Å²) in [5.41, 5.74) is 4.74. The molecule has 0 aliphatic carbocycles. The van der Waals surface area contributed by atoms with Gasteiger partial charge in [0, 0.05) is 12.2 Å². The molecule has 176 valence electrons.